The van der Waals surface area contributed by atoms with E-state index in [-0.39, 0.29) is 11.6 Å². The molecule has 0 bridgehead atoms. The van der Waals surface area contributed by atoms with E-state index < -0.39 is 12.0 Å². The average Bonchev–Trinajstić information content (AvgIpc) is 3.29. The van der Waals surface area contributed by atoms with Crippen molar-refractivity contribution < 1.29 is 14.1 Å². The van der Waals surface area contributed by atoms with Crippen LogP contribution < -0.4 is 10.3 Å². The topological polar surface area (TPSA) is 103 Å². The number of carbonyl (C=O) groups excluding carboxylic acids is 1. The third-order valence-electron chi connectivity index (χ3n) is 5.41. The number of aromatic nitrogens is 4. The maximum Gasteiger partial charge on any atom is 0.337 e. The molecule has 0 amide bonds. The second-order valence-electron chi connectivity index (χ2n) is 7.46. The number of thioether (sulfide) groups is 1. The maximum absolute atomic E-state index is 13.1. The highest BCUT2D eigenvalue weighted by atomic mass is 32.2. The van der Waals surface area contributed by atoms with Crippen molar-refractivity contribution >= 4 is 29.1 Å². The minimum atomic E-state index is -0.694. The summed E-state index contributed by atoms with van der Waals surface area (Å²) in [5, 5.41) is 7.00. The molecule has 0 aromatic carbocycles. The van der Waals surface area contributed by atoms with Crippen LogP contribution in [0.1, 0.15) is 30.4 Å². The van der Waals surface area contributed by atoms with Gasteiger partial charge in [-0.15, -0.1) is 23.1 Å². The second-order valence-corrected chi connectivity index (χ2v) is 9.41. The lowest BCUT2D eigenvalue weighted by atomic mass is 10.0. The zero-order valence-electron chi connectivity index (χ0n) is 16.1. The molecule has 6 rings (SSSR count). The first-order chi connectivity index (χ1) is 15.2. The Kier molecular flexibility index (Phi) is 4.35. The van der Waals surface area contributed by atoms with Crippen LogP contribution in [0, 0.1) is 0 Å². The Morgan fingerprint density at radius 3 is 2.97 bits per heavy atom. The molecule has 1 unspecified atom stereocenters. The van der Waals surface area contributed by atoms with Crippen LogP contribution in [0.3, 0.4) is 0 Å². The van der Waals surface area contributed by atoms with Gasteiger partial charge in [0.05, 0.1) is 9.90 Å². The summed E-state index contributed by atoms with van der Waals surface area (Å²) >= 11 is 3.09. The van der Waals surface area contributed by atoms with Gasteiger partial charge in [0.25, 0.3) is 5.56 Å². The molecule has 4 aromatic heterocycles. The molecular formula is C21H16N4O4S2. The van der Waals surface area contributed by atoms with Crippen LogP contribution in [0.2, 0.25) is 0 Å². The number of hydrogen-bond donors (Lipinski definition) is 1. The fourth-order valence-electron chi connectivity index (χ4n) is 3.85. The number of esters is 1. The van der Waals surface area contributed by atoms with E-state index in [0.717, 1.165) is 39.6 Å². The van der Waals surface area contributed by atoms with Crippen molar-refractivity contribution in [3.8, 4) is 27.9 Å². The van der Waals surface area contributed by atoms with Gasteiger partial charge in [-0.25, -0.2) is 9.78 Å². The molecule has 31 heavy (non-hydrogen) atoms. The van der Waals surface area contributed by atoms with Crippen LogP contribution >= 0.6 is 23.1 Å². The number of H-pyrrole nitrogens is 1. The number of hydrogen-bond acceptors (Lipinski definition) is 8. The van der Waals surface area contributed by atoms with Crippen molar-refractivity contribution in [2.24, 2.45) is 0 Å². The predicted molar refractivity (Wildman–Crippen MR) is 115 cm³/mol. The zero-order chi connectivity index (χ0) is 20.9. The molecule has 156 valence electrons. The summed E-state index contributed by atoms with van der Waals surface area (Å²) < 4.78 is 12.5. The Morgan fingerprint density at radius 2 is 2.23 bits per heavy atom. The van der Waals surface area contributed by atoms with E-state index in [4.69, 9.17) is 9.26 Å². The number of aromatic amines is 1. The van der Waals surface area contributed by atoms with E-state index in [9.17, 15) is 9.59 Å². The highest BCUT2D eigenvalue weighted by Gasteiger charge is 2.39. The summed E-state index contributed by atoms with van der Waals surface area (Å²) in [4.78, 5) is 33.5. The van der Waals surface area contributed by atoms with E-state index in [1.165, 1.54) is 18.0 Å². The molecule has 10 heteroatoms. The van der Waals surface area contributed by atoms with Gasteiger partial charge in [-0.2, -0.15) is 0 Å². The first-order valence-corrected chi connectivity index (χ1v) is 11.7. The average molecular weight is 453 g/mol. The van der Waals surface area contributed by atoms with Gasteiger partial charge in [0, 0.05) is 35.8 Å². The lowest BCUT2D eigenvalue weighted by Crippen LogP contribution is -2.32. The van der Waals surface area contributed by atoms with E-state index in [0.29, 0.717) is 17.4 Å². The number of carbonyl (C=O) groups is 1. The Labute approximate surface area is 184 Å². The molecule has 2 aliphatic rings. The Hall–Kier alpha value is -3.11. The first kappa shape index (κ1) is 18.6. The minimum absolute atomic E-state index is 0.123. The second kappa shape index (κ2) is 7.24. The van der Waals surface area contributed by atoms with Crippen molar-refractivity contribution in [2.45, 2.75) is 29.8 Å². The smallest absolute Gasteiger partial charge is 0.337 e. The molecule has 1 aliphatic heterocycles. The molecule has 8 nitrogen and oxygen atoms in total. The van der Waals surface area contributed by atoms with E-state index in [1.54, 1.807) is 28.2 Å². The van der Waals surface area contributed by atoms with Gasteiger partial charge in [0.2, 0.25) is 0 Å². The summed E-state index contributed by atoms with van der Waals surface area (Å²) in [7, 11) is 0. The maximum atomic E-state index is 13.1. The van der Waals surface area contributed by atoms with Gasteiger partial charge in [-0.1, -0.05) is 11.2 Å². The summed E-state index contributed by atoms with van der Waals surface area (Å²) in [5.41, 5.74) is 2.32. The van der Waals surface area contributed by atoms with Crippen LogP contribution in [0.5, 0.6) is 6.01 Å². The quantitative estimate of drug-likeness (QED) is 0.455. The van der Waals surface area contributed by atoms with E-state index in [1.807, 2.05) is 23.6 Å². The fourth-order valence-corrected chi connectivity index (χ4v) is 5.91. The number of imidazole rings is 1. The standard InChI is InChI=1S/C21H16N4O4S2/c26-17-8-12(15-9-13(24-29-15)16-2-1-7-30-16)18(11-3-4-11)19-25(17)14(10-31-19)20(27)28-21-22-5-6-23-21/h1-2,5-9,11,14H,3-4,10H2,(H,22,23). The summed E-state index contributed by atoms with van der Waals surface area (Å²) in [6.07, 6.45) is 5.18. The zero-order valence-corrected chi connectivity index (χ0v) is 17.7. The number of ether oxygens (including phenoxy) is 1. The Morgan fingerprint density at radius 1 is 1.32 bits per heavy atom. The van der Waals surface area contributed by atoms with Crippen LogP contribution in [-0.4, -0.2) is 31.4 Å². The lowest BCUT2D eigenvalue weighted by molar-refractivity contribution is -0.138. The molecule has 1 atom stereocenters. The molecule has 1 N–H and O–H groups in total. The molecule has 1 fully saturated rings. The monoisotopic (exact) mass is 452 g/mol. The van der Waals surface area contributed by atoms with Gasteiger partial charge in [0.1, 0.15) is 11.7 Å². The van der Waals surface area contributed by atoms with Crippen molar-refractivity contribution in [1.29, 1.82) is 0 Å². The number of nitrogens with zero attached hydrogens (tertiary/aromatic N) is 3. The largest absolute Gasteiger partial charge is 0.391 e. The molecule has 0 saturated heterocycles. The molecule has 5 heterocycles. The highest BCUT2D eigenvalue weighted by molar-refractivity contribution is 7.99. The normalized spacial score (nSPS) is 17.6. The predicted octanol–water partition coefficient (Wildman–Crippen LogP) is 4.08. The molecular weight excluding hydrogens is 436 g/mol. The molecule has 1 saturated carbocycles. The van der Waals surface area contributed by atoms with Gasteiger partial charge < -0.3 is 14.2 Å². The van der Waals surface area contributed by atoms with Crippen LogP contribution in [0.25, 0.3) is 21.9 Å². The van der Waals surface area contributed by atoms with Gasteiger partial charge in [-0.3, -0.25) is 9.36 Å². The van der Waals surface area contributed by atoms with Crippen molar-refractivity contribution in [1.82, 2.24) is 19.7 Å². The van der Waals surface area contributed by atoms with Crippen molar-refractivity contribution in [2.75, 3.05) is 5.75 Å². The van der Waals surface area contributed by atoms with E-state index >= 15 is 0 Å². The van der Waals surface area contributed by atoms with E-state index in [2.05, 4.69) is 15.1 Å². The molecule has 1 aliphatic carbocycles. The lowest BCUT2D eigenvalue weighted by Gasteiger charge is -2.15. The fraction of sp³-hybridized carbons (Fsp3) is 0.238. The third-order valence-corrected chi connectivity index (χ3v) is 7.48. The number of thiophene rings is 1. The Balaban J connectivity index is 1.41. The molecule has 0 spiro atoms. The van der Waals surface area contributed by atoms with Crippen LogP contribution in [0.15, 0.2) is 56.4 Å². The number of fused-ring (bicyclic) bond motifs is 1. The molecule has 0 radical (unpaired) electrons. The summed E-state index contributed by atoms with van der Waals surface area (Å²) in [5.74, 6) is 0.861. The Bertz CT molecular complexity index is 1320. The van der Waals surface area contributed by atoms with Crippen molar-refractivity contribution in [3.63, 3.8) is 0 Å². The van der Waals surface area contributed by atoms with Crippen LogP contribution in [0.4, 0.5) is 0 Å². The molecule has 4 aromatic rings. The van der Waals surface area contributed by atoms with Gasteiger partial charge >= 0.3 is 12.0 Å². The number of nitrogens with one attached hydrogen (secondary N) is 1. The van der Waals surface area contributed by atoms with Crippen LogP contribution in [-0.2, 0) is 4.79 Å². The first-order valence-electron chi connectivity index (χ1n) is 9.83. The van der Waals surface area contributed by atoms with Crippen molar-refractivity contribution in [3.05, 3.63) is 58.0 Å². The third kappa shape index (κ3) is 3.22. The number of pyridine rings is 1. The van der Waals surface area contributed by atoms with Gasteiger partial charge in [0.15, 0.2) is 5.76 Å². The SMILES string of the molecule is O=C(Oc1ncc[nH]1)C1CSc2c(C3CC3)c(-c3cc(-c4cccs4)no3)cc(=O)n21. The highest BCUT2D eigenvalue weighted by Crippen LogP contribution is 2.50. The number of rotatable bonds is 5. The van der Waals surface area contributed by atoms with Gasteiger partial charge in [-0.05, 0) is 35.8 Å². The summed E-state index contributed by atoms with van der Waals surface area (Å²) in [6.45, 7) is 0. The minimum Gasteiger partial charge on any atom is -0.391 e. The summed E-state index contributed by atoms with van der Waals surface area (Å²) in [6, 6.07) is 6.82.